The van der Waals surface area contributed by atoms with E-state index in [4.69, 9.17) is 9.47 Å². The molecule has 1 N–H and O–H groups in total. The summed E-state index contributed by atoms with van der Waals surface area (Å²) in [6.45, 7) is 6.15. The largest absolute Gasteiger partial charge is 0.497 e. The van der Waals surface area contributed by atoms with Crippen LogP contribution in [0.3, 0.4) is 0 Å². The summed E-state index contributed by atoms with van der Waals surface area (Å²) >= 11 is 0. The topological polar surface area (TPSA) is 30.5 Å². The number of hydrogen-bond donors (Lipinski definition) is 1. The highest BCUT2D eigenvalue weighted by molar-refractivity contribution is 5.40. The summed E-state index contributed by atoms with van der Waals surface area (Å²) in [5.74, 6) is 0.965. The predicted octanol–water partition coefficient (Wildman–Crippen LogP) is 3.91. The molecule has 0 aromatic heterocycles. The Balaban J connectivity index is 2.77. The maximum atomic E-state index is 12.2. The van der Waals surface area contributed by atoms with Gasteiger partial charge in [0.05, 0.1) is 20.1 Å². The molecular formula is C15H22F3NO2. The lowest BCUT2D eigenvalue weighted by atomic mass is 10.1. The van der Waals surface area contributed by atoms with Crippen molar-refractivity contribution >= 4 is 0 Å². The van der Waals surface area contributed by atoms with Crippen molar-refractivity contribution in [3.05, 3.63) is 23.8 Å². The molecule has 0 amide bonds. The predicted molar refractivity (Wildman–Crippen MR) is 75.8 cm³/mol. The Morgan fingerprint density at radius 1 is 1.14 bits per heavy atom. The fraction of sp³-hybridized carbons (Fsp3) is 0.600. The number of methoxy groups -OCH3 is 1. The van der Waals surface area contributed by atoms with E-state index in [9.17, 15) is 13.2 Å². The monoisotopic (exact) mass is 305 g/mol. The molecule has 0 saturated carbocycles. The molecule has 0 fully saturated rings. The van der Waals surface area contributed by atoms with Gasteiger partial charge in [0.2, 0.25) is 0 Å². The van der Waals surface area contributed by atoms with Crippen LogP contribution in [0.15, 0.2) is 18.2 Å². The first kappa shape index (κ1) is 17.6. The van der Waals surface area contributed by atoms with Crippen molar-refractivity contribution in [2.75, 3.05) is 13.7 Å². The molecule has 1 rings (SSSR count). The maximum absolute atomic E-state index is 12.2. The van der Waals surface area contributed by atoms with E-state index >= 15 is 0 Å². The molecule has 0 unspecified atom stereocenters. The molecule has 120 valence electrons. The van der Waals surface area contributed by atoms with Gasteiger partial charge in [-0.25, -0.2) is 0 Å². The fourth-order valence-corrected chi connectivity index (χ4v) is 1.58. The zero-order valence-corrected chi connectivity index (χ0v) is 12.8. The number of ether oxygens (including phenoxy) is 2. The molecule has 0 aliphatic carbocycles. The van der Waals surface area contributed by atoms with Crippen molar-refractivity contribution in [1.29, 1.82) is 0 Å². The van der Waals surface area contributed by atoms with Crippen LogP contribution in [0.5, 0.6) is 11.5 Å². The summed E-state index contributed by atoms with van der Waals surface area (Å²) in [6, 6.07) is 5.16. The average Bonchev–Trinajstić information content (AvgIpc) is 2.34. The van der Waals surface area contributed by atoms with Gasteiger partial charge in [0.15, 0.2) is 0 Å². The van der Waals surface area contributed by atoms with E-state index in [2.05, 4.69) is 5.32 Å². The van der Waals surface area contributed by atoms with E-state index in [1.165, 1.54) is 7.11 Å². The molecule has 0 heterocycles. The first-order valence-corrected chi connectivity index (χ1v) is 6.72. The first-order valence-electron chi connectivity index (χ1n) is 6.72. The van der Waals surface area contributed by atoms with E-state index in [-0.39, 0.29) is 5.54 Å². The van der Waals surface area contributed by atoms with Gasteiger partial charge in [-0.1, -0.05) is 6.07 Å². The SMILES string of the molecule is COc1ccc(CNC(C)(C)C)c(OCCC(F)(F)F)c1. The molecule has 3 nitrogen and oxygen atoms in total. The van der Waals surface area contributed by atoms with Crippen molar-refractivity contribution in [1.82, 2.24) is 5.32 Å². The van der Waals surface area contributed by atoms with Crippen molar-refractivity contribution in [3.63, 3.8) is 0 Å². The zero-order chi connectivity index (χ0) is 16.1. The number of nitrogens with one attached hydrogen (secondary N) is 1. The fourth-order valence-electron chi connectivity index (χ4n) is 1.58. The lowest BCUT2D eigenvalue weighted by Gasteiger charge is -2.22. The smallest absolute Gasteiger partial charge is 0.392 e. The minimum Gasteiger partial charge on any atom is -0.497 e. The van der Waals surface area contributed by atoms with Crippen molar-refractivity contribution in [3.8, 4) is 11.5 Å². The lowest BCUT2D eigenvalue weighted by molar-refractivity contribution is -0.139. The first-order chi connectivity index (χ1) is 9.61. The molecular weight excluding hydrogens is 283 g/mol. The quantitative estimate of drug-likeness (QED) is 0.864. The highest BCUT2D eigenvalue weighted by Crippen LogP contribution is 2.27. The Hall–Kier alpha value is -1.43. The Labute approximate surface area is 123 Å². The van der Waals surface area contributed by atoms with Crippen LogP contribution in [0.1, 0.15) is 32.8 Å². The van der Waals surface area contributed by atoms with Gasteiger partial charge in [-0.05, 0) is 26.8 Å². The summed E-state index contributed by atoms with van der Waals surface area (Å²) in [5.41, 5.74) is 0.705. The van der Waals surface area contributed by atoms with Crippen LogP contribution in [0.4, 0.5) is 13.2 Å². The van der Waals surface area contributed by atoms with Crippen LogP contribution in [-0.2, 0) is 6.54 Å². The minimum absolute atomic E-state index is 0.0941. The Kier molecular flexibility index (Phi) is 5.89. The molecule has 0 saturated heterocycles. The van der Waals surface area contributed by atoms with Gasteiger partial charge < -0.3 is 14.8 Å². The molecule has 0 atom stereocenters. The zero-order valence-electron chi connectivity index (χ0n) is 12.8. The van der Waals surface area contributed by atoms with Crippen molar-refractivity contribution in [2.24, 2.45) is 0 Å². The standard InChI is InChI=1S/C15H22F3NO2/c1-14(2,3)19-10-11-5-6-12(20-4)9-13(11)21-8-7-15(16,17)18/h5-6,9,19H,7-8,10H2,1-4H3. The molecule has 0 spiro atoms. The molecule has 1 aromatic rings. The molecule has 21 heavy (non-hydrogen) atoms. The number of rotatable bonds is 6. The number of hydrogen-bond acceptors (Lipinski definition) is 3. The molecule has 6 heteroatoms. The van der Waals surface area contributed by atoms with Gasteiger partial charge in [0.25, 0.3) is 0 Å². The third kappa shape index (κ3) is 7.22. The van der Waals surface area contributed by atoms with Crippen molar-refractivity contribution < 1.29 is 22.6 Å². The highest BCUT2D eigenvalue weighted by atomic mass is 19.4. The van der Waals surface area contributed by atoms with Crippen LogP contribution in [0, 0.1) is 0 Å². The molecule has 0 radical (unpaired) electrons. The second-order valence-corrected chi connectivity index (χ2v) is 5.79. The molecule has 0 aliphatic heterocycles. The van der Waals surface area contributed by atoms with E-state index in [1.807, 2.05) is 20.8 Å². The number of benzene rings is 1. The Morgan fingerprint density at radius 2 is 1.81 bits per heavy atom. The van der Waals surface area contributed by atoms with Gasteiger partial charge in [-0.3, -0.25) is 0 Å². The van der Waals surface area contributed by atoms with Gasteiger partial charge >= 0.3 is 6.18 Å². The second kappa shape index (κ2) is 7.02. The second-order valence-electron chi connectivity index (χ2n) is 5.79. The average molecular weight is 305 g/mol. The van der Waals surface area contributed by atoms with Crippen molar-refractivity contribution in [2.45, 2.75) is 45.5 Å². The highest BCUT2D eigenvalue weighted by Gasteiger charge is 2.27. The van der Waals surface area contributed by atoms with Crippen LogP contribution < -0.4 is 14.8 Å². The Bertz CT molecular complexity index is 453. The summed E-state index contributed by atoms with van der Waals surface area (Å²) in [7, 11) is 1.50. The van der Waals surface area contributed by atoms with E-state index in [1.54, 1.807) is 18.2 Å². The summed E-state index contributed by atoms with van der Waals surface area (Å²) in [5, 5.41) is 3.28. The minimum atomic E-state index is -4.22. The van der Waals surface area contributed by atoms with E-state index in [0.717, 1.165) is 5.56 Å². The third-order valence-electron chi connectivity index (χ3n) is 2.73. The van der Waals surface area contributed by atoms with Gasteiger partial charge in [0.1, 0.15) is 11.5 Å². The van der Waals surface area contributed by atoms with E-state index < -0.39 is 19.2 Å². The lowest BCUT2D eigenvalue weighted by Crippen LogP contribution is -2.35. The van der Waals surface area contributed by atoms with Gasteiger partial charge in [-0.2, -0.15) is 13.2 Å². The van der Waals surface area contributed by atoms with Crippen LogP contribution in [0.25, 0.3) is 0 Å². The molecule has 0 aliphatic rings. The van der Waals surface area contributed by atoms with Crippen LogP contribution in [-0.4, -0.2) is 25.4 Å². The van der Waals surface area contributed by atoms with Crippen LogP contribution in [0.2, 0.25) is 0 Å². The van der Waals surface area contributed by atoms with Crippen LogP contribution >= 0.6 is 0 Å². The summed E-state index contributed by atoms with van der Waals surface area (Å²) in [4.78, 5) is 0. The summed E-state index contributed by atoms with van der Waals surface area (Å²) in [6.07, 6.45) is -5.20. The Morgan fingerprint density at radius 3 is 2.33 bits per heavy atom. The third-order valence-corrected chi connectivity index (χ3v) is 2.73. The normalized spacial score (nSPS) is 12.3. The summed E-state index contributed by atoms with van der Waals surface area (Å²) < 4.78 is 46.9. The van der Waals surface area contributed by atoms with Gasteiger partial charge in [0, 0.05) is 23.7 Å². The molecule has 0 bridgehead atoms. The van der Waals surface area contributed by atoms with E-state index in [0.29, 0.717) is 18.0 Å². The maximum Gasteiger partial charge on any atom is 0.392 e. The van der Waals surface area contributed by atoms with Gasteiger partial charge in [-0.15, -0.1) is 0 Å². The number of halogens is 3. The molecule has 1 aromatic carbocycles. The number of alkyl halides is 3.